The monoisotopic (exact) mass is 392 g/mol. The Labute approximate surface area is 158 Å². The van der Waals surface area contributed by atoms with E-state index in [2.05, 4.69) is 10.3 Å². The SMILES string of the molecule is O=C(CCSc1ccc(F)cc1)Nc1nc(-c2ccc(Cl)cc2)cs1. The van der Waals surface area contributed by atoms with Crippen molar-refractivity contribution in [3.05, 3.63) is 64.8 Å². The molecule has 3 rings (SSSR count). The summed E-state index contributed by atoms with van der Waals surface area (Å²) >= 11 is 8.78. The van der Waals surface area contributed by atoms with Crippen LogP contribution in [0.5, 0.6) is 0 Å². The molecule has 0 aliphatic heterocycles. The Morgan fingerprint density at radius 2 is 1.88 bits per heavy atom. The first-order chi connectivity index (χ1) is 12.1. The zero-order valence-corrected chi connectivity index (χ0v) is 15.4. The minimum Gasteiger partial charge on any atom is -0.302 e. The van der Waals surface area contributed by atoms with Crippen molar-refractivity contribution in [3.8, 4) is 11.3 Å². The molecule has 3 nitrogen and oxygen atoms in total. The van der Waals surface area contributed by atoms with Crippen molar-refractivity contribution >= 4 is 45.7 Å². The second-order valence-electron chi connectivity index (χ2n) is 5.15. The molecule has 128 valence electrons. The standard InChI is InChI=1S/C18H14ClFN2OS2/c19-13-3-1-12(2-4-13)16-11-25-18(21-16)22-17(23)9-10-24-15-7-5-14(20)6-8-15/h1-8,11H,9-10H2,(H,21,22,23). The van der Waals surface area contributed by atoms with Crippen molar-refractivity contribution in [2.24, 2.45) is 0 Å². The number of nitrogens with one attached hydrogen (secondary N) is 1. The number of benzene rings is 2. The summed E-state index contributed by atoms with van der Waals surface area (Å²) in [5, 5.41) is 5.95. The molecule has 1 amide bonds. The Bertz CT molecular complexity index is 850. The lowest BCUT2D eigenvalue weighted by atomic mass is 10.2. The van der Waals surface area contributed by atoms with E-state index >= 15 is 0 Å². The number of anilines is 1. The van der Waals surface area contributed by atoms with Gasteiger partial charge in [-0.1, -0.05) is 23.7 Å². The number of thiazole rings is 1. The smallest absolute Gasteiger partial charge is 0.226 e. The fourth-order valence-electron chi connectivity index (χ4n) is 2.06. The van der Waals surface area contributed by atoms with Crippen LogP contribution in [0.15, 0.2) is 58.8 Å². The van der Waals surface area contributed by atoms with Crippen LogP contribution in [0.4, 0.5) is 9.52 Å². The van der Waals surface area contributed by atoms with Gasteiger partial charge in [-0.3, -0.25) is 4.79 Å². The molecule has 7 heteroatoms. The van der Waals surface area contributed by atoms with E-state index in [4.69, 9.17) is 11.6 Å². The first-order valence-electron chi connectivity index (χ1n) is 7.50. The lowest BCUT2D eigenvalue weighted by Gasteiger charge is -2.02. The van der Waals surface area contributed by atoms with Crippen molar-refractivity contribution in [2.75, 3.05) is 11.1 Å². The highest BCUT2D eigenvalue weighted by Gasteiger charge is 2.08. The van der Waals surface area contributed by atoms with Gasteiger partial charge in [-0.2, -0.15) is 0 Å². The molecule has 0 aliphatic rings. The average molecular weight is 393 g/mol. The van der Waals surface area contributed by atoms with Gasteiger partial charge in [0.15, 0.2) is 5.13 Å². The minimum atomic E-state index is -0.262. The molecule has 2 aromatic carbocycles. The largest absolute Gasteiger partial charge is 0.302 e. The molecule has 1 aromatic heterocycles. The second kappa shape index (κ2) is 8.47. The molecule has 0 aliphatic carbocycles. The normalized spacial score (nSPS) is 10.6. The Morgan fingerprint density at radius 1 is 1.16 bits per heavy atom. The Balaban J connectivity index is 1.49. The molecule has 0 unspecified atom stereocenters. The molecule has 0 fully saturated rings. The molecular weight excluding hydrogens is 379 g/mol. The van der Waals surface area contributed by atoms with Crippen molar-refractivity contribution in [3.63, 3.8) is 0 Å². The number of carbonyl (C=O) groups excluding carboxylic acids is 1. The maximum atomic E-state index is 12.8. The molecule has 0 bridgehead atoms. The third kappa shape index (κ3) is 5.29. The highest BCUT2D eigenvalue weighted by Crippen LogP contribution is 2.26. The van der Waals surface area contributed by atoms with E-state index in [1.807, 2.05) is 17.5 Å². The molecule has 0 saturated carbocycles. The zero-order chi connectivity index (χ0) is 17.6. The summed E-state index contributed by atoms with van der Waals surface area (Å²) in [5.74, 6) is 0.265. The molecule has 1 N–H and O–H groups in total. The van der Waals surface area contributed by atoms with Crippen LogP contribution in [-0.2, 0) is 4.79 Å². The van der Waals surface area contributed by atoms with Crippen LogP contribution in [0, 0.1) is 5.82 Å². The average Bonchev–Trinajstić information content (AvgIpc) is 3.06. The van der Waals surface area contributed by atoms with Crippen LogP contribution in [0.3, 0.4) is 0 Å². The third-order valence-electron chi connectivity index (χ3n) is 3.30. The molecule has 25 heavy (non-hydrogen) atoms. The van der Waals surface area contributed by atoms with E-state index in [1.165, 1.54) is 35.2 Å². The number of amides is 1. The van der Waals surface area contributed by atoms with Gasteiger partial charge in [-0.05, 0) is 36.4 Å². The molecule has 0 spiro atoms. The van der Waals surface area contributed by atoms with Crippen LogP contribution >= 0.6 is 34.7 Å². The number of thioether (sulfide) groups is 1. The zero-order valence-electron chi connectivity index (χ0n) is 13.0. The van der Waals surface area contributed by atoms with Crippen molar-refractivity contribution in [2.45, 2.75) is 11.3 Å². The van der Waals surface area contributed by atoms with Gasteiger partial charge in [-0.25, -0.2) is 9.37 Å². The van der Waals surface area contributed by atoms with Gasteiger partial charge in [0.2, 0.25) is 5.91 Å². The summed E-state index contributed by atoms with van der Waals surface area (Å²) < 4.78 is 12.8. The lowest BCUT2D eigenvalue weighted by molar-refractivity contribution is -0.115. The van der Waals surface area contributed by atoms with Crippen molar-refractivity contribution in [1.82, 2.24) is 4.98 Å². The Kier molecular flexibility index (Phi) is 6.07. The molecule has 0 saturated heterocycles. The first-order valence-corrected chi connectivity index (χ1v) is 9.74. The lowest BCUT2D eigenvalue weighted by Crippen LogP contribution is -2.11. The van der Waals surface area contributed by atoms with Gasteiger partial charge in [0.1, 0.15) is 5.82 Å². The van der Waals surface area contributed by atoms with E-state index in [1.54, 1.807) is 24.3 Å². The Morgan fingerprint density at radius 3 is 2.60 bits per heavy atom. The summed E-state index contributed by atoms with van der Waals surface area (Å²) in [7, 11) is 0. The van der Waals surface area contributed by atoms with Crippen molar-refractivity contribution in [1.29, 1.82) is 0 Å². The van der Waals surface area contributed by atoms with Gasteiger partial charge in [-0.15, -0.1) is 23.1 Å². The third-order valence-corrected chi connectivity index (χ3v) is 5.33. The number of halogens is 2. The molecule has 3 aromatic rings. The summed E-state index contributed by atoms with van der Waals surface area (Å²) in [4.78, 5) is 17.4. The number of hydrogen-bond donors (Lipinski definition) is 1. The van der Waals surface area contributed by atoms with E-state index in [0.717, 1.165) is 16.2 Å². The fourth-order valence-corrected chi connectivity index (χ4v) is 3.77. The predicted octanol–water partition coefficient (Wildman–Crippen LogP) is 5.72. The number of aromatic nitrogens is 1. The van der Waals surface area contributed by atoms with Crippen LogP contribution in [0.1, 0.15) is 6.42 Å². The van der Waals surface area contributed by atoms with Gasteiger partial charge < -0.3 is 5.32 Å². The highest BCUT2D eigenvalue weighted by atomic mass is 35.5. The maximum Gasteiger partial charge on any atom is 0.226 e. The summed E-state index contributed by atoms with van der Waals surface area (Å²) in [6.07, 6.45) is 0.359. The fraction of sp³-hybridized carbons (Fsp3) is 0.111. The number of hydrogen-bond acceptors (Lipinski definition) is 4. The summed E-state index contributed by atoms with van der Waals surface area (Å²) in [6.45, 7) is 0. The number of nitrogens with zero attached hydrogens (tertiary/aromatic N) is 1. The van der Waals surface area contributed by atoms with E-state index in [0.29, 0.717) is 22.3 Å². The van der Waals surface area contributed by atoms with Crippen LogP contribution < -0.4 is 5.32 Å². The molecular formula is C18H14ClFN2OS2. The summed E-state index contributed by atoms with van der Waals surface area (Å²) in [6, 6.07) is 13.6. The van der Waals surface area contributed by atoms with Gasteiger partial charge in [0.05, 0.1) is 5.69 Å². The topological polar surface area (TPSA) is 42.0 Å². The predicted molar refractivity (Wildman–Crippen MR) is 103 cm³/mol. The Hall–Kier alpha value is -1.89. The number of carbonyl (C=O) groups is 1. The second-order valence-corrected chi connectivity index (χ2v) is 7.61. The van der Waals surface area contributed by atoms with Crippen molar-refractivity contribution < 1.29 is 9.18 Å². The molecule has 1 heterocycles. The molecule has 0 radical (unpaired) electrons. The minimum absolute atomic E-state index is 0.0911. The van der Waals surface area contributed by atoms with Gasteiger partial charge >= 0.3 is 0 Å². The van der Waals surface area contributed by atoms with E-state index in [-0.39, 0.29) is 11.7 Å². The number of rotatable bonds is 6. The van der Waals surface area contributed by atoms with Crippen LogP contribution in [0.2, 0.25) is 5.02 Å². The van der Waals surface area contributed by atoms with E-state index < -0.39 is 0 Å². The first kappa shape index (κ1) is 17.9. The van der Waals surface area contributed by atoms with Crippen LogP contribution in [0.25, 0.3) is 11.3 Å². The quantitative estimate of drug-likeness (QED) is 0.545. The van der Waals surface area contributed by atoms with Crippen LogP contribution in [-0.4, -0.2) is 16.6 Å². The van der Waals surface area contributed by atoms with Gasteiger partial charge in [0.25, 0.3) is 0 Å². The summed E-state index contributed by atoms with van der Waals surface area (Å²) in [5.41, 5.74) is 1.76. The highest BCUT2D eigenvalue weighted by molar-refractivity contribution is 7.99. The maximum absolute atomic E-state index is 12.8. The van der Waals surface area contributed by atoms with Gasteiger partial charge in [0, 0.05) is 33.0 Å². The molecule has 0 atom stereocenters. The van der Waals surface area contributed by atoms with E-state index in [9.17, 15) is 9.18 Å².